The van der Waals surface area contributed by atoms with Crippen LogP contribution in [0.5, 0.6) is 0 Å². The highest BCUT2D eigenvalue weighted by Crippen LogP contribution is 1.94. The van der Waals surface area contributed by atoms with Gasteiger partial charge >= 0.3 is 0 Å². The van der Waals surface area contributed by atoms with Crippen LogP contribution < -0.4 is 0 Å². The fraction of sp³-hybridized carbons (Fsp3) is 0.800. The van der Waals surface area contributed by atoms with E-state index in [2.05, 4.69) is 11.8 Å². The summed E-state index contributed by atoms with van der Waals surface area (Å²) in [6, 6.07) is 0. The predicted octanol–water partition coefficient (Wildman–Crippen LogP) is 1.01. The SMILES string of the molecule is CCOC(C#CC(OC)OC)OCC. The molecule has 0 aromatic heterocycles. The lowest BCUT2D eigenvalue weighted by molar-refractivity contribution is -0.0985. The highest BCUT2D eigenvalue weighted by atomic mass is 16.7. The van der Waals surface area contributed by atoms with Crippen LogP contribution in [0.2, 0.25) is 0 Å². The summed E-state index contributed by atoms with van der Waals surface area (Å²) in [4.78, 5) is 0. The van der Waals surface area contributed by atoms with E-state index in [9.17, 15) is 0 Å². The summed E-state index contributed by atoms with van der Waals surface area (Å²) in [5, 5.41) is 0. The summed E-state index contributed by atoms with van der Waals surface area (Å²) in [6.45, 7) is 4.89. The van der Waals surface area contributed by atoms with Gasteiger partial charge in [-0.1, -0.05) is 0 Å². The third-order valence-corrected chi connectivity index (χ3v) is 1.38. The molecule has 0 rings (SSSR count). The van der Waals surface area contributed by atoms with Crippen LogP contribution in [-0.4, -0.2) is 40.0 Å². The molecule has 0 aromatic carbocycles. The van der Waals surface area contributed by atoms with Crippen LogP contribution in [0.4, 0.5) is 0 Å². The third kappa shape index (κ3) is 5.95. The van der Waals surface area contributed by atoms with Crippen LogP contribution in [0.25, 0.3) is 0 Å². The Morgan fingerprint density at radius 1 is 0.857 bits per heavy atom. The topological polar surface area (TPSA) is 36.9 Å². The average Bonchev–Trinajstić information content (AvgIpc) is 2.20. The van der Waals surface area contributed by atoms with Gasteiger partial charge in [0, 0.05) is 27.4 Å². The van der Waals surface area contributed by atoms with Crippen LogP contribution in [0.3, 0.4) is 0 Å². The second-order valence-corrected chi connectivity index (χ2v) is 2.33. The van der Waals surface area contributed by atoms with E-state index in [1.807, 2.05) is 13.8 Å². The summed E-state index contributed by atoms with van der Waals surface area (Å²) in [6.07, 6.45) is -1.03. The van der Waals surface area contributed by atoms with E-state index >= 15 is 0 Å². The second-order valence-electron chi connectivity index (χ2n) is 2.33. The maximum absolute atomic E-state index is 5.21. The van der Waals surface area contributed by atoms with E-state index in [-0.39, 0.29) is 0 Å². The highest BCUT2D eigenvalue weighted by Gasteiger charge is 2.04. The summed E-state index contributed by atoms with van der Waals surface area (Å²) in [5.74, 6) is 5.52. The molecule has 0 bridgehead atoms. The first-order valence-corrected chi connectivity index (χ1v) is 4.58. The van der Waals surface area contributed by atoms with Gasteiger partial charge in [0.05, 0.1) is 0 Å². The lowest BCUT2D eigenvalue weighted by atomic mass is 10.5. The van der Waals surface area contributed by atoms with Crippen molar-refractivity contribution in [2.24, 2.45) is 0 Å². The first-order valence-electron chi connectivity index (χ1n) is 4.58. The molecule has 14 heavy (non-hydrogen) atoms. The maximum Gasteiger partial charge on any atom is 0.222 e. The van der Waals surface area contributed by atoms with Crippen molar-refractivity contribution in [3.63, 3.8) is 0 Å². The molecule has 0 atom stereocenters. The molecule has 0 saturated heterocycles. The van der Waals surface area contributed by atoms with E-state index in [1.165, 1.54) is 14.2 Å². The zero-order valence-corrected chi connectivity index (χ0v) is 9.20. The first-order chi connectivity index (χ1) is 6.78. The van der Waals surface area contributed by atoms with Gasteiger partial charge in [-0.2, -0.15) is 0 Å². The van der Waals surface area contributed by atoms with Crippen LogP contribution in [0, 0.1) is 11.8 Å². The molecule has 0 aliphatic rings. The Balaban J connectivity index is 4.08. The van der Waals surface area contributed by atoms with E-state index in [4.69, 9.17) is 18.9 Å². The summed E-state index contributed by atoms with van der Waals surface area (Å²) >= 11 is 0. The average molecular weight is 202 g/mol. The van der Waals surface area contributed by atoms with E-state index in [0.29, 0.717) is 13.2 Å². The van der Waals surface area contributed by atoms with Crippen molar-refractivity contribution >= 4 is 0 Å². The molecule has 0 amide bonds. The van der Waals surface area contributed by atoms with Crippen molar-refractivity contribution in [1.29, 1.82) is 0 Å². The molecule has 0 fully saturated rings. The minimum absolute atomic E-state index is 0.502. The Kier molecular flexibility index (Phi) is 8.59. The summed E-state index contributed by atoms with van der Waals surface area (Å²) in [7, 11) is 3.05. The number of ether oxygens (including phenoxy) is 4. The van der Waals surface area contributed by atoms with Gasteiger partial charge in [-0.15, -0.1) is 0 Å². The molecular weight excluding hydrogens is 184 g/mol. The number of hydrogen-bond donors (Lipinski definition) is 0. The summed E-state index contributed by atoms with van der Waals surface area (Å²) in [5.41, 5.74) is 0. The first kappa shape index (κ1) is 13.4. The molecule has 82 valence electrons. The fourth-order valence-electron chi connectivity index (χ4n) is 0.784. The molecule has 0 heterocycles. The molecule has 0 radical (unpaired) electrons. The smallest absolute Gasteiger partial charge is 0.222 e. The Labute approximate surface area is 85.5 Å². The Bertz CT molecular complexity index is 172. The maximum atomic E-state index is 5.21. The van der Waals surface area contributed by atoms with Gasteiger partial charge in [-0.25, -0.2) is 0 Å². The van der Waals surface area contributed by atoms with Crippen molar-refractivity contribution in [1.82, 2.24) is 0 Å². The van der Waals surface area contributed by atoms with Gasteiger partial charge in [-0.05, 0) is 25.7 Å². The van der Waals surface area contributed by atoms with Gasteiger partial charge in [0.15, 0.2) is 0 Å². The highest BCUT2D eigenvalue weighted by molar-refractivity contribution is 5.05. The zero-order valence-electron chi connectivity index (χ0n) is 9.20. The Morgan fingerprint density at radius 2 is 1.29 bits per heavy atom. The van der Waals surface area contributed by atoms with E-state index < -0.39 is 12.6 Å². The molecule has 0 aromatic rings. The fourth-order valence-corrected chi connectivity index (χ4v) is 0.784. The number of rotatable bonds is 6. The molecule has 0 unspecified atom stereocenters. The lowest BCUT2D eigenvalue weighted by Crippen LogP contribution is -2.17. The lowest BCUT2D eigenvalue weighted by Gasteiger charge is -2.10. The van der Waals surface area contributed by atoms with Gasteiger partial charge in [0.1, 0.15) is 0 Å². The molecule has 0 spiro atoms. The van der Waals surface area contributed by atoms with Crippen molar-refractivity contribution < 1.29 is 18.9 Å². The minimum Gasteiger partial charge on any atom is -0.345 e. The largest absolute Gasteiger partial charge is 0.345 e. The quantitative estimate of drug-likeness (QED) is 0.476. The number of hydrogen-bond acceptors (Lipinski definition) is 4. The summed E-state index contributed by atoms with van der Waals surface area (Å²) < 4.78 is 20.2. The molecule has 0 aliphatic carbocycles. The van der Waals surface area contributed by atoms with Crippen LogP contribution >= 0.6 is 0 Å². The molecule has 0 aliphatic heterocycles. The third-order valence-electron chi connectivity index (χ3n) is 1.38. The van der Waals surface area contributed by atoms with Gasteiger partial charge < -0.3 is 18.9 Å². The molecule has 0 saturated carbocycles. The zero-order chi connectivity index (χ0) is 10.8. The standard InChI is InChI=1S/C10H18O4/c1-5-13-10(14-6-2)8-7-9(11-3)12-4/h9-10H,5-6H2,1-4H3. The molecule has 0 N–H and O–H groups in total. The molecule has 4 heteroatoms. The van der Waals surface area contributed by atoms with Crippen LogP contribution in [0.1, 0.15) is 13.8 Å². The second kappa shape index (κ2) is 8.97. The molecule has 4 nitrogen and oxygen atoms in total. The monoisotopic (exact) mass is 202 g/mol. The van der Waals surface area contributed by atoms with Crippen molar-refractivity contribution in [2.75, 3.05) is 27.4 Å². The van der Waals surface area contributed by atoms with Crippen molar-refractivity contribution in [3.8, 4) is 11.8 Å². The van der Waals surface area contributed by atoms with E-state index in [0.717, 1.165) is 0 Å². The van der Waals surface area contributed by atoms with Gasteiger partial charge in [0.2, 0.25) is 12.6 Å². The van der Waals surface area contributed by atoms with E-state index in [1.54, 1.807) is 0 Å². The van der Waals surface area contributed by atoms with Gasteiger partial charge in [-0.3, -0.25) is 0 Å². The predicted molar refractivity (Wildman–Crippen MR) is 52.6 cm³/mol. The van der Waals surface area contributed by atoms with Crippen molar-refractivity contribution in [2.45, 2.75) is 26.4 Å². The number of methoxy groups -OCH3 is 2. The van der Waals surface area contributed by atoms with Gasteiger partial charge in [0.25, 0.3) is 0 Å². The normalized spacial score (nSPS) is 10.4. The minimum atomic E-state index is -0.529. The van der Waals surface area contributed by atoms with Crippen LogP contribution in [0.15, 0.2) is 0 Å². The van der Waals surface area contributed by atoms with Crippen molar-refractivity contribution in [3.05, 3.63) is 0 Å². The molecular formula is C10H18O4. The van der Waals surface area contributed by atoms with Crippen LogP contribution in [-0.2, 0) is 18.9 Å². The Hall–Kier alpha value is -0.600. The Morgan fingerprint density at radius 3 is 1.64 bits per heavy atom.